The van der Waals surface area contributed by atoms with Crippen LogP contribution in [0.2, 0.25) is 0 Å². The van der Waals surface area contributed by atoms with Crippen molar-refractivity contribution in [1.82, 2.24) is 10.6 Å². The molecule has 104 valence electrons. The minimum absolute atomic E-state index is 0.475. The summed E-state index contributed by atoms with van der Waals surface area (Å²) in [5.41, 5.74) is 0. The van der Waals surface area contributed by atoms with Crippen LogP contribution in [-0.2, 0) is 9.47 Å². The summed E-state index contributed by atoms with van der Waals surface area (Å²) in [6, 6.07) is 0. The Morgan fingerprint density at radius 2 is 2.28 bits per heavy atom. The number of thiocarbonyl (C=S) groups is 1. The number of hydrogen-bond donors (Lipinski definition) is 2. The molecule has 18 heavy (non-hydrogen) atoms. The Bertz CT molecular complexity index is 276. The van der Waals surface area contributed by atoms with Gasteiger partial charge in [-0.05, 0) is 44.8 Å². The summed E-state index contributed by atoms with van der Waals surface area (Å²) in [6.45, 7) is 5.41. The number of rotatable bonds is 7. The number of nitrogens with one attached hydrogen (secondary N) is 2. The lowest BCUT2D eigenvalue weighted by molar-refractivity contribution is 0.0931. The van der Waals surface area contributed by atoms with E-state index in [9.17, 15) is 0 Å². The van der Waals surface area contributed by atoms with Crippen molar-refractivity contribution >= 4 is 17.3 Å². The van der Waals surface area contributed by atoms with E-state index < -0.39 is 0 Å². The van der Waals surface area contributed by atoms with Gasteiger partial charge >= 0.3 is 0 Å². The molecule has 2 saturated heterocycles. The molecule has 2 fully saturated rings. The fourth-order valence-corrected chi connectivity index (χ4v) is 2.95. The molecule has 2 heterocycles. The summed E-state index contributed by atoms with van der Waals surface area (Å²) in [4.78, 5) is 0. The lowest BCUT2D eigenvalue weighted by Crippen LogP contribution is -2.40. The van der Waals surface area contributed by atoms with Crippen LogP contribution < -0.4 is 10.6 Å². The zero-order chi connectivity index (χ0) is 12.8. The van der Waals surface area contributed by atoms with Gasteiger partial charge < -0.3 is 20.1 Å². The molecular weight excluding hydrogens is 248 g/mol. The Balaban J connectivity index is 1.50. The second-order valence-corrected chi connectivity index (χ2v) is 5.47. The first-order valence-electron chi connectivity index (χ1n) is 7.04. The Morgan fingerprint density at radius 3 is 2.94 bits per heavy atom. The topological polar surface area (TPSA) is 42.5 Å². The zero-order valence-corrected chi connectivity index (χ0v) is 11.9. The zero-order valence-electron chi connectivity index (χ0n) is 11.1. The highest BCUT2D eigenvalue weighted by Crippen LogP contribution is 2.38. The monoisotopic (exact) mass is 272 g/mol. The number of ether oxygens (including phenoxy) is 2. The Morgan fingerprint density at radius 1 is 1.39 bits per heavy atom. The molecule has 0 aromatic rings. The summed E-state index contributed by atoms with van der Waals surface area (Å²) in [6.07, 6.45) is 5.67. The van der Waals surface area contributed by atoms with Gasteiger partial charge in [0.25, 0.3) is 0 Å². The van der Waals surface area contributed by atoms with Crippen LogP contribution in [0, 0.1) is 5.92 Å². The minimum atomic E-state index is 0.475. The first-order chi connectivity index (χ1) is 8.79. The van der Waals surface area contributed by atoms with E-state index in [1.807, 2.05) is 6.92 Å². The fourth-order valence-electron chi connectivity index (χ4n) is 2.76. The molecule has 3 atom stereocenters. The molecular formula is C13H24N2O2S. The van der Waals surface area contributed by atoms with Gasteiger partial charge in [0.1, 0.15) is 0 Å². The van der Waals surface area contributed by atoms with Gasteiger partial charge in [0, 0.05) is 32.2 Å². The maximum Gasteiger partial charge on any atom is 0.166 e. The summed E-state index contributed by atoms with van der Waals surface area (Å²) in [5.74, 6) is 0.645. The SMILES string of the molecule is CCOCCCNC(=S)NCC1CC2CCC1O2. The molecule has 2 rings (SSSR count). The largest absolute Gasteiger partial charge is 0.382 e. The third-order valence-corrected chi connectivity index (χ3v) is 4.00. The highest BCUT2D eigenvalue weighted by molar-refractivity contribution is 7.80. The van der Waals surface area contributed by atoms with E-state index in [2.05, 4.69) is 10.6 Å². The van der Waals surface area contributed by atoms with Gasteiger partial charge in [-0.25, -0.2) is 0 Å². The average molecular weight is 272 g/mol. The summed E-state index contributed by atoms with van der Waals surface area (Å²) >= 11 is 5.25. The normalized spacial score (nSPS) is 29.5. The van der Waals surface area contributed by atoms with Gasteiger partial charge in [0.15, 0.2) is 5.11 Å². The second kappa shape index (κ2) is 7.26. The highest BCUT2D eigenvalue weighted by atomic mass is 32.1. The van der Waals surface area contributed by atoms with Crippen LogP contribution in [-0.4, -0.2) is 43.6 Å². The third-order valence-electron chi connectivity index (χ3n) is 3.71. The lowest BCUT2D eigenvalue weighted by atomic mass is 9.89. The molecule has 0 aliphatic carbocycles. The van der Waals surface area contributed by atoms with Crippen molar-refractivity contribution in [2.75, 3.05) is 26.3 Å². The third kappa shape index (κ3) is 4.07. The van der Waals surface area contributed by atoms with Crippen LogP contribution in [0.1, 0.15) is 32.6 Å². The van der Waals surface area contributed by atoms with Crippen LogP contribution in [0.25, 0.3) is 0 Å². The Hall–Kier alpha value is -0.390. The van der Waals surface area contributed by atoms with E-state index in [1.165, 1.54) is 19.3 Å². The van der Waals surface area contributed by atoms with E-state index >= 15 is 0 Å². The van der Waals surface area contributed by atoms with Crippen LogP contribution in [0.5, 0.6) is 0 Å². The van der Waals surface area contributed by atoms with E-state index in [1.54, 1.807) is 0 Å². The number of fused-ring (bicyclic) bond motifs is 2. The van der Waals surface area contributed by atoms with Crippen molar-refractivity contribution in [1.29, 1.82) is 0 Å². The molecule has 0 spiro atoms. The van der Waals surface area contributed by atoms with Crippen LogP contribution >= 0.6 is 12.2 Å². The maximum absolute atomic E-state index is 5.82. The highest BCUT2D eigenvalue weighted by Gasteiger charge is 2.40. The van der Waals surface area contributed by atoms with Crippen molar-refractivity contribution in [3.8, 4) is 0 Å². The Labute approximate surface area is 115 Å². The molecule has 2 aliphatic heterocycles. The molecule has 4 nitrogen and oxygen atoms in total. The number of hydrogen-bond acceptors (Lipinski definition) is 3. The first kappa shape index (κ1) is 14.0. The predicted molar refractivity (Wildman–Crippen MR) is 75.7 cm³/mol. The molecule has 0 aromatic heterocycles. The van der Waals surface area contributed by atoms with Gasteiger partial charge in [-0.2, -0.15) is 0 Å². The standard InChI is InChI=1S/C13H24N2O2S/c1-2-16-7-3-6-14-13(18)15-9-10-8-11-4-5-12(10)17-11/h10-12H,2-9H2,1H3,(H2,14,15,18). The second-order valence-electron chi connectivity index (χ2n) is 5.06. The molecule has 2 N–H and O–H groups in total. The summed E-state index contributed by atoms with van der Waals surface area (Å²) < 4.78 is 11.1. The molecule has 3 unspecified atom stereocenters. The van der Waals surface area contributed by atoms with Crippen LogP contribution in [0.4, 0.5) is 0 Å². The van der Waals surface area contributed by atoms with Gasteiger partial charge in [-0.3, -0.25) is 0 Å². The quantitative estimate of drug-likeness (QED) is 0.542. The van der Waals surface area contributed by atoms with Crippen molar-refractivity contribution in [3.63, 3.8) is 0 Å². The van der Waals surface area contributed by atoms with Crippen molar-refractivity contribution in [2.24, 2.45) is 5.92 Å². The van der Waals surface area contributed by atoms with Crippen LogP contribution in [0.15, 0.2) is 0 Å². The molecule has 5 heteroatoms. The van der Waals surface area contributed by atoms with Gasteiger partial charge in [0.05, 0.1) is 12.2 Å². The van der Waals surface area contributed by atoms with Crippen molar-refractivity contribution in [2.45, 2.75) is 44.8 Å². The van der Waals surface area contributed by atoms with Crippen molar-refractivity contribution in [3.05, 3.63) is 0 Å². The molecule has 0 radical (unpaired) electrons. The minimum Gasteiger partial charge on any atom is -0.382 e. The first-order valence-corrected chi connectivity index (χ1v) is 7.45. The van der Waals surface area contributed by atoms with E-state index in [4.69, 9.17) is 21.7 Å². The predicted octanol–water partition coefficient (Wildman–Crippen LogP) is 1.44. The van der Waals surface area contributed by atoms with Gasteiger partial charge in [-0.1, -0.05) is 0 Å². The molecule has 2 aliphatic rings. The van der Waals surface area contributed by atoms with Crippen LogP contribution in [0.3, 0.4) is 0 Å². The summed E-state index contributed by atoms with van der Waals surface area (Å²) in [5, 5.41) is 7.27. The van der Waals surface area contributed by atoms with E-state index in [0.29, 0.717) is 18.1 Å². The molecule has 0 aromatic carbocycles. The summed E-state index contributed by atoms with van der Waals surface area (Å²) in [7, 11) is 0. The molecule has 0 amide bonds. The Kier molecular flexibility index (Phi) is 5.66. The maximum atomic E-state index is 5.82. The smallest absolute Gasteiger partial charge is 0.166 e. The van der Waals surface area contributed by atoms with E-state index in [0.717, 1.165) is 37.8 Å². The average Bonchev–Trinajstić information content (AvgIpc) is 2.98. The lowest BCUT2D eigenvalue weighted by Gasteiger charge is -2.20. The van der Waals surface area contributed by atoms with Crippen molar-refractivity contribution < 1.29 is 9.47 Å². The fraction of sp³-hybridized carbons (Fsp3) is 0.923. The van der Waals surface area contributed by atoms with Gasteiger partial charge in [0.2, 0.25) is 0 Å². The van der Waals surface area contributed by atoms with E-state index in [-0.39, 0.29) is 0 Å². The molecule has 0 saturated carbocycles. The van der Waals surface area contributed by atoms with Gasteiger partial charge in [-0.15, -0.1) is 0 Å². The molecule has 2 bridgehead atoms.